The number of phenols is 1. The first kappa shape index (κ1) is 21.3. The van der Waals surface area contributed by atoms with Gasteiger partial charge in [-0.3, -0.25) is 0 Å². The van der Waals surface area contributed by atoms with Gasteiger partial charge >= 0.3 is 5.97 Å². The van der Waals surface area contributed by atoms with Crippen molar-refractivity contribution in [3.05, 3.63) is 70.8 Å². The maximum Gasteiger partial charge on any atom is 0.342 e. The van der Waals surface area contributed by atoms with Gasteiger partial charge in [-0.2, -0.15) is 0 Å². The number of esters is 1. The smallest absolute Gasteiger partial charge is 0.342 e. The summed E-state index contributed by atoms with van der Waals surface area (Å²) in [6.07, 6.45) is 4.58. The van der Waals surface area contributed by atoms with Crippen LogP contribution in [0.1, 0.15) is 54.2 Å². The molecule has 2 aromatic carbocycles. The summed E-state index contributed by atoms with van der Waals surface area (Å²) in [7, 11) is 1.55. The van der Waals surface area contributed by atoms with Crippen LogP contribution in [0.5, 0.6) is 11.5 Å². The lowest BCUT2D eigenvalue weighted by molar-refractivity contribution is 0.0374. The van der Waals surface area contributed by atoms with E-state index in [1.54, 1.807) is 33.1 Å². The summed E-state index contributed by atoms with van der Waals surface area (Å²) >= 11 is 0. The van der Waals surface area contributed by atoms with Crippen molar-refractivity contribution in [3.8, 4) is 11.5 Å². The predicted octanol–water partition coefficient (Wildman–Crippen LogP) is 5.65. The number of hydrogen-bond acceptors (Lipinski definition) is 4. The van der Waals surface area contributed by atoms with Gasteiger partial charge in [-0.15, -0.1) is 6.58 Å². The number of ether oxygens (including phenoxy) is 2. The molecule has 0 radical (unpaired) electrons. The zero-order chi connectivity index (χ0) is 20.7. The second-order valence-corrected chi connectivity index (χ2v) is 7.03. The zero-order valence-electron chi connectivity index (χ0n) is 17.0. The number of aromatic hydroxyl groups is 1. The van der Waals surface area contributed by atoms with E-state index in [1.165, 1.54) is 0 Å². The fourth-order valence-electron chi connectivity index (χ4n) is 2.84. The van der Waals surface area contributed by atoms with E-state index in [0.29, 0.717) is 29.7 Å². The standard InChI is InChI=1S/C24H28O4/c1-16(2)11-14-20-21(27-5)15-19(13-12-18-9-7-6-8-10-18)22(23(20)25)24(26)28-17(3)4/h6-10,12-13,15,17,25H,1,11,14H2,2-5H3/b13-12+. The Bertz CT molecular complexity index is 864. The van der Waals surface area contributed by atoms with E-state index >= 15 is 0 Å². The second-order valence-electron chi connectivity index (χ2n) is 7.03. The molecule has 0 amide bonds. The number of benzene rings is 2. The molecular formula is C24H28O4. The van der Waals surface area contributed by atoms with Crippen molar-refractivity contribution in [1.82, 2.24) is 0 Å². The van der Waals surface area contributed by atoms with Crippen molar-refractivity contribution in [2.75, 3.05) is 7.11 Å². The van der Waals surface area contributed by atoms with Gasteiger partial charge in [0.25, 0.3) is 0 Å². The monoisotopic (exact) mass is 380 g/mol. The number of phenolic OH excluding ortho intramolecular Hbond substituents is 1. The molecule has 2 rings (SSSR count). The molecule has 0 aromatic heterocycles. The summed E-state index contributed by atoms with van der Waals surface area (Å²) in [5, 5.41) is 10.9. The van der Waals surface area contributed by atoms with E-state index in [0.717, 1.165) is 11.1 Å². The fraction of sp³-hybridized carbons (Fsp3) is 0.292. The van der Waals surface area contributed by atoms with E-state index in [9.17, 15) is 9.90 Å². The maximum absolute atomic E-state index is 12.7. The molecule has 0 spiro atoms. The number of hydrogen-bond donors (Lipinski definition) is 1. The Morgan fingerprint density at radius 2 is 1.89 bits per heavy atom. The van der Waals surface area contributed by atoms with Gasteiger partial charge in [-0.1, -0.05) is 48.1 Å². The summed E-state index contributed by atoms with van der Waals surface area (Å²) in [6, 6.07) is 11.5. The quantitative estimate of drug-likeness (QED) is 0.365. The molecule has 0 aliphatic heterocycles. The summed E-state index contributed by atoms with van der Waals surface area (Å²) in [4.78, 5) is 12.7. The molecule has 0 bridgehead atoms. The normalized spacial score (nSPS) is 11.0. The van der Waals surface area contributed by atoms with Crippen molar-refractivity contribution >= 4 is 18.1 Å². The highest BCUT2D eigenvalue weighted by molar-refractivity contribution is 5.98. The number of carbonyl (C=O) groups excluding carboxylic acids is 1. The molecule has 2 aromatic rings. The Kier molecular flexibility index (Phi) is 7.44. The molecule has 0 saturated carbocycles. The van der Waals surface area contributed by atoms with Gasteiger partial charge in [0, 0.05) is 5.56 Å². The molecule has 148 valence electrons. The lowest BCUT2D eigenvalue weighted by atomic mass is 9.96. The highest BCUT2D eigenvalue weighted by Gasteiger charge is 2.24. The third-order valence-electron chi connectivity index (χ3n) is 4.22. The lowest BCUT2D eigenvalue weighted by Crippen LogP contribution is -2.14. The van der Waals surface area contributed by atoms with Crippen LogP contribution >= 0.6 is 0 Å². The highest BCUT2D eigenvalue weighted by Crippen LogP contribution is 2.37. The SMILES string of the molecule is C=C(C)CCc1c(OC)cc(/C=C/c2ccccc2)c(C(=O)OC(C)C)c1O. The Balaban J connectivity index is 2.57. The summed E-state index contributed by atoms with van der Waals surface area (Å²) in [6.45, 7) is 9.39. The minimum absolute atomic E-state index is 0.0982. The average molecular weight is 380 g/mol. The number of allylic oxidation sites excluding steroid dienone is 1. The van der Waals surface area contributed by atoms with Crippen molar-refractivity contribution < 1.29 is 19.4 Å². The lowest BCUT2D eigenvalue weighted by Gasteiger charge is -2.17. The fourth-order valence-corrected chi connectivity index (χ4v) is 2.84. The first-order valence-corrected chi connectivity index (χ1v) is 9.34. The number of carbonyl (C=O) groups is 1. The van der Waals surface area contributed by atoms with Crippen LogP contribution in [0.2, 0.25) is 0 Å². The van der Waals surface area contributed by atoms with Crippen LogP contribution in [0.25, 0.3) is 12.2 Å². The molecule has 0 atom stereocenters. The molecule has 28 heavy (non-hydrogen) atoms. The molecule has 4 nitrogen and oxygen atoms in total. The van der Waals surface area contributed by atoms with Crippen molar-refractivity contribution in [2.45, 2.75) is 39.7 Å². The van der Waals surface area contributed by atoms with Gasteiger partial charge in [0.05, 0.1) is 13.2 Å². The maximum atomic E-state index is 12.7. The average Bonchev–Trinajstić information content (AvgIpc) is 2.64. The molecule has 0 aliphatic rings. The largest absolute Gasteiger partial charge is 0.507 e. The van der Waals surface area contributed by atoms with Gasteiger partial charge in [0.1, 0.15) is 17.1 Å². The van der Waals surface area contributed by atoms with Crippen LogP contribution in [0.3, 0.4) is 0 Å². The van der Waals surface area contributed by atoms with Gasteiger partial charge in [-0.25, -0.2) is 4.79 Å². The van der Waals surface area contributed by atoms with Crippen molar-refractivity contribution in [1.29, 1.82) is 0 Å². The van der Waals surface area contributed by atoms with Crippen LogP contribution < -0.4 is 4.74 Å². The number of methoxy groups -OCH3 is 1. The molecule has 0 aliphatic carbocycles. The summed E-state index contributed by atoms with van der Waals surface area (Å²) in [5.74, 6) is -0.119. The first-order valence-electron chi connectivity index (χ1n) is 9.34. The van der Waals surface area contributed by atoms with Crippen molar-refractivity contribution in [2.24, 2.45) is 0 Å². The van der Waals surface area contributed by atoms with Gasteiger partial charge < -0.3 is 14.6 Å². The van der Waals surface area contributed by atoms with Crippen LogP contribution in [-0.4, -0.2) is 24.3 Å². The summed E-state index contributed by atoms with van der Waals surface area (Å²) in [5.41, 5.74) is 3.25. The van der Waals surface area contributed by atoms with E-state index in [4.69, 9.17) is 9.47 Å². The molecule has 0 unspecified atom stereocenters. The minimum Gasteiger partial charge on any atom is -0.507 e. The number of rotatable bonds is 8. The highest BCUT2D eigenvalue weighted by atomic mass is 16.5. The Labute approximate surface area is 167 Å². The van der Waals surface area contributed by atoms with Gasteiger partial charge in [0.15, 0.2) is 0 Å². The van der Waals surface area contributed by atoms with E-state index < -0.39 is 5.97 Å². The molecule has 0 heterocycles. The summed E-state index contributed by atoms with van der Waals surface area (Å²) < 4.78 is 10.9. The van der Waals surface area contributed by atoms with Crippen molar-refractivity contribution in [3.63, 3.8) is 0 Å². The molecule has 4 heteroatoms. The van der Waals surface area contributed by atoms with E-state index in [1.807, 2.05) is 43.3 Å². The third kappa shape index (κ3) is 5.49. The molecule has 0 saturated heterocycles. The molecular weight excluding hydrogens is 352 g/mol. The Morgan fingerprint density at radius 1 is 1.21 bits per heavy atom. The predicted molar refractivity (Wildman–Crippen MR) is 114 cm³/mol. The van der Waals surface area contributed by atoms with E-state index in [2.05, 4.69) is 6.58 Å². The Hall–Kier alpha value is -3.01. The van der Waals surface area contributed by atoms with Crippen LogP contribution in [0.15, 0.2) is 48.6 Å². The molecule has 0 fully saturated rings. The van der Waals surface area contributed by atoms with Crippen LogP contribution in [0, 0.1) is 0 Å². The Morgan fingerprint density at radius 3 is 2.46 bits per heavy atom. The zero-order valence-corrected chi connectivity index (χ0v) is 17.0. The van der Waals surface area contributed by atoms with Gasteiger partial charge in [0.2, 0.25) is 0 Å². The van der Waals surface area contributed by atoms with Crippen LogP contribution in [0.4, 0.5) is 0 Å². The first-order chi connectivity index (χ1) is 13.3. The molecule has 1 N–H and O–H groups in total. The third-order valence-corrected chi connectivity index (χ3v) is 4.22. The second kappa shape index (κ2) is 9.79. The van der Waals surface area contributed by atoms with E-state index in [-0.39, 0.29) is 17.4 Å². The van der Waals surface area contributed by atoms with Gasteiger partial charge in [-0.05, 0) is 50.8 Å². The van der Waals surface area contributed by atoms with Crippen LogP contribution in [-0.2, 0) is 11.2 Å². The minimum atomic E-state index is -0.556. The topological polar surface area (TPSA) is 55.8 Å².